The Labute approximate surface area is 242 Å². The first-order chi connectivity index (χ1) is 19.4. The third kappa shape index (κ3) is 7.16. The first-order valence-electron chi connectivity index (χ1n) is 13.2. The second-order valence-electron chi connectivity index (χ2n) is 9.84. The number of aromatic nitrogens is 4. The van der Waals surface area contributed by atoms with Gasteiger partial charge in [-0.15, -0.1) is 5.10 Å². The number of tetrazole rings is 1. The molecule has 1 saturated carbocycles. The van der Waals surface area contributed by atoms with E-state index in [9.17, 15) is 9.59 Å². The van der Waals surface area contributed by atoms with Gasteiger partial charge in [0.05, 0.1) is 6.54 Å². The molecule has 1 heterocycles. The van der Waals surface area contributed by atoms with Crippen LogP contribution in [0.3, 0.4) is 0 Å². The zero-order chi connectivity index (χ0) is 27.9. The summed E-state index contributed by atoms with van der Waals surface area (Å²) in [6.45, 7) is 0.572. The lowest BCUT2D eigenvalue weighted by atomic mass is 9.84. The van der Waals surface area contributed by atoms with E-state index in [0.717, 1.165) is 16.8 Å². The van der Waals surface area contributed by atoms with Crippen LogP contribution in [0.2, 0.25) is 10.0 Å². The number of hydrogen-bond donors (Lipinski definition) is 3. The number of benzene rings is 3. The van der Waals surface area contributed by atoms with Crippen molar-refractivity contribution in [3.8, 4) is 0 Å². The second-order valence-corrected chi connectivity index (χ2v) is 10.7. The van der Waals surface area contributed by atoms with Crippen LogP contribution in [0.15, 0.2) is 66.7 Å². The van der Waals surface area contributed by atoms with Gasteiger partial charge in [-0.1, -0.05) is 71.8 Å². The van der Waals surface area contributed by atoms with Crippen LogP contribution in [0.5, 0.6) is 0 Å². The SMILES string of the molecule is O=C(Nc1nn[nH]n1)c1ccc(CN(C(=O)NCc2cc(Cl)cc(Cl)c2)c2ccc(C3CCCCC3)cc2)cc1. The third-order valence-electron chi connectivity index (χ3n) is 7.02. The highest BCUT2D eigenvalue weighted by Gasteiger charge is 2.19. The van der Waals surface area contributed by atoms with Gasteiger partial charge in [0.15, 0.2) is 0 Å². The topological polar surface area (TPSA) is 116 Å². The molecule has 0 atom stereocenters. The van der Waals surface area contributed by atoms with Crippen molar-refractivity contribution in [2.24, 2.45) is 0 Å². The summed E-state index contributed by atoms with van der Waals surface area (Å²) in [6, 6.07) is 20.2. The number of H-pyrrole nitrogens is 1. The van der Waals surface area contributed by atoms with Crippen molar-refractivity contribution in [1.82, 2.24) is 25.9 Å². The largest absolute Gasteiger partial charge is 0.334 e. The molecule has 4 aromatic rings. The lowest BCUT2D eigenvalue weighted by Gasteiger charge is -2.26. The average Bonchev–Trinajstić information content (AvgIpc) is 3.48. The third-order valence-corrected chi connectivity index (χ3v) is 7.46. The van der Waals surface area contributed by atoms with Gasteiger partial charge in [-0.25, -0.2) is 4.79 Å². The van der Waals surface area contributed by atoms with Crippen LogP contribution in [-0.2, 0) is 13.1 Å². The molecule has 1 fully saturated rings. The molecule has 0 radical (unpaired) electrons. The van der Waals surface area contributed by atoms with Gasteiger partial charge in [0.1, 0.15) is 0 Å². The molecule has 5 rings (SSSR count). The molecule has 0 spiro atoms. The van der Waals surface area contributed by atoms with E-state index in [0.29, 0.717) is 28.1 Å². The summed E-state index contributed by atoms with van der Waals surface area (Å²) in [7, 11) is 0. The Morgan fingerprint density at radius 2 is 1.60 bits per heavy atom. The molecule has 40 heavy (non-hydrogen) atoms. The van der Waals surface area contributed by atoms with Gasteiger partial charge in [0, 0.05) is 27.8 Å². The van der Waals surface area contributed by atoms with Crippen LogP contribution in [0.25, 0.3) is 0 Å². The number of carbonyl (C=O) groups excluding carboxylic acids is 2. The van der Waals surface area contributed by atoms with E-state index in [4.69, 9.17) is 23.2 Å². The van der Waals surface area contributed by atoms with E-state index >= 15 is 0 Å². The number of aromatic amines is 1. The summed E-state index contributed by atoms with van der Waals surface area (Å²) in [5.74, 6) is 0.305. The molecular formula is C29H29Cl2N7O2. The highest BCUT2D eigenvalue weighted by molar-refractivity contribution is 6.34. The summed E-state index contributed by atoms with van der Waals surface area (Å²) in [5, 5.41) is 19.8. The van der Waals surface area contributed by atoms with Gasteiger partial charge in [-0.2, -0.15) is 5.21 Å². The van der Waals surface area contributed by atoms with E-state index in [-0.39, 0.29) is 24.4 Å². The van der Waals surface area contributed by atoms with Crippen molar-refractivity contribution in [3.05, 3.63) is 99.0 Å². The maximum atomic E-state index is 13.5. The van der Waals surface area contributed by atoms with Crippen molar-refractivity contribution in [2.45, 2.75) is 51.1 Å². The van der Waals surface area contributed by atoms with E-state index < -0.39 is 0 Å². The molecular weight excluding hydrogens is 549 g/mol. The maximum Gasteiger partial charge on any atom is 0.322 e. The van der Waals surface area contributed by atoms with Gasteiger partial charge in [-0.3, -0.25) is 15.0 Å². The van der Waals surface area contributed by atoms with Gasteiger partial charge >= 0.3 is 6.03 Å². The first-order valence-corrected chi connectivity index (χ1v) is 13.9. The van der Waals surface area contributed by atoms with E-state index in [2.05, 4.69) is 43.4 Å². The van der Waals surface area contributed by atoms with Crippen LogP contribution in [-0.4, -0.2) is 32.6 Å². The Hall–Kier alpha value is -3.95. The van der Waals surface area contributed by atoms with Crippen LogP contribution < -0.4 is 15.5 Å². The van der Waals surface area contributed by atoms with Crippen molar-refractivity contribution in [2.75, 3.05) is 10.2 Å². The zero-order valence-electron chi connectivity index (χ0n) is 21.7. The molecule has 3 amide bonds. The number of nitrogens with zero attached hydrogens (tertiary/aromatic N) is 4. The van der Waals surface area contributed by atoms with E-state index in [1.807, 2.05) is 24.3 Å². The second kappa shape index (κ2) is 12.9. The average molecular weight is 579 g/mol. The number of rotatable bonds is 8. The molecule has 206 valence electrons. The van der Waals surface area contributed by atoms with Crippen molar-refractivity contribution in [1.29, 1.82) is 0 Å². The van der Waals surface area contributed by atoms with E-state index in [1.54, 1.807) is 35.2 Å². The molecule has 3 aromatic carbocycles. The lowest BCUT2D eigenvalue weighted by molar-refractivity contribution is 0.102. The number of anilines is 2. The number of nitrogens with one attached hydrogen (secondary N) is 3. The predicted molar refractivity (Wildman–Crippen MR) is 156 cm³/mol. The molecule has 0 bridgehead atoms. The number of halogens is 2. The Morgan fingerprint density at radius 1 is 0.900 bits per heavy atom. The van der Waals surface area contributed by atoms with Crippen molar-refractivity contribution in [3.63, 3.8) is 0 Å². The van der Waals surface area contributed by atoms with Gasteiger partial charge in [-0.05, 0) is 83.1 Å². The first kappa shape index (κ1) is 27.6. The minimum atomic E-state index is -0.360. The fourth-order valence-electron chi connectivity index (χ4n) is 4.96. The standard InChI is InChI=1S/C29H29Cl2N7O2/c30-24-14-20(15-25(31)16-24)17-32-29(40)38(26-12-10-22(11-13-26)21-4-2-1-3-5-21)18-19-6-8-23(9-7-19)27(39)33-28-34-36-37-35-28/h6-16,21H,1-5,17-18H2,(H,32,40)(H2,33,34,35,36,37,39). The fourth-order valence-corrected chi connectivity index (χ4v) is 5.53. The molecule has 0 saturated heterocycles. The monoisotopic (exact) mass is 577 g/mol. The molecule has 1 aliphatic carbocycles. The van der Waals surface area contributed by atoms with Crippen LogP contribution >= 0.6 is 23.2 Å². The molecule has 1 aromatic heterocycles. The van der Waals surface area contributed by atoms with Crippen molar-refractivity contribution >= 4 is 46.8 Å². The predicted octanol–water partition coefficient (Wildman–Crippen LogP) is 6.72. The molecule has 11 heteroatoms. The zero-order valence-corrected chi connectivity index (χ0v) is 23.3. The molecule has 9 nitrogen and oxygen atoms in total. The quantitative estimate of drug-likeness (QED) is 0.215. The summed E-state index contributed by atoms with van der Waals surface area (Å²) < 4.78 is 0. The molecule has 1 aliphatic rings. The summed E-state index contributed by atoms with van der Waals surface area (Å²) >= 11 is 12.3. The van der Waals surface area contributed by atoms with Crippen molar-refractivity contribution < 1.29 is 9.59 Å². The Bertz CT molecular complexity index is 1420. The minimum absolute atomic E-state index is 0.0922. The van der Waals surface area contributed by atoms with Gasteiger partial charge in [0.25, 0.3) is 11.9 Å². The molecule has 0 aliphatic heterocycles. The number of carbonyl (C=O) groups is 2. The Balaban J connectivity index is 1.32. The molecule has 3 N–H and O–H groups in total. The van der Waals surface area contributed by atoms with Crippen LogP contribution in [0.4, 0.5) is 16.4 Å². The summed E-state index contributed by atoms with van der Waals surface area (Å²) in [4.78, 5) is 27.7. The molecule has 0 unspecified atom stereocenters. The van der Waals surface area contributed by atoms with Gasteiger partial charge in [0.2, 0.25) is 0 Å². The highest BCUT2D eigenvalue weighted by Crippen LogP contribution is 2.33. The maximum absolute atomic E-state index is 13.5. The number of urea groups is 1. The fraction of sp³-hybridized carbons (Fsp3) is 0.276. The number of hydrogen-bond acceptors (Lipinski definition) is 5. The number of amides is 3. The lowest BCUT2D eigenvalue weighted by Crippen LogP contribution is -2.39. The Kier molecular flexibility index (Phi) is 8.93. The Morgan fingerprint density at radius 3 is 2.25 bits per heavy atom. The van der Waals surface area contributed by atoms with Crippen LogP contribution in [0.1, 0.15) is 65.1 Å². The summed E-state index contributed by atoms with van der Waals surface area (Å²) in [6.07, 6.45) is 6.24. The van der Waals surface area contributed by atoms with E-state index in [1.165, 1.54) is 37.7 Å². The smallest absolute Gasteiger partial charge is 0.322 e. The highest BCUT2D eigenvalue weighted by atomic mass is 35.5. The minimum Gasteiger partial charge on any atom is -0.334 e. The summed E-state index contributed by atoms with van der Waals surface area (Å²) in [5.41, 5.74) is 4.18. The normalized spacial score (nSPS) is 13.6. The van der Waals surface area contributed by atoms with Gasteiger partial charge < -0.3 is 5.32 Å². The van der Waals surface area contributed by atoms with Crippen LogP contribution in [0, 0.1) is 0 Å².